The molecule has 0 spiro atoms. The molecule has 4 nitrogen and oxygen atoms in total. The molecule has 1 atom stereocenters. The number of benzene rings is 2. The molecule has 2 aromatic carbocycles. The summed E-state index contributed by atoms with van der Waals surface area (Å²) in [6.07, 6.45) is 0. The number of carbonyl (C=O) groups excluding carboxylic acids is 1. The maximum Gasteiger partial charge on any atom is 0.251 e. The molecule has 0 bridgehead atoms. The number of rotatable bonds is 5. The van der Waals surface area contributed by atoms with E-state index >= 15 is 0 Å². The van der Waals surface area contributed by atoms with Crippen LogP contribution in [0.15, 0.2) is 47.4 Å². The Kier molecular flexibility index (Phi) is 5.57. The van der Waals surface area contributed by atoms with Crippen LogP contribution < -0.4 is 5.32 Å². The van der Waals surface area contributed by atoms with Gasteiger partial charge >= 0.3 is 0 Å². The summed E-state index contributed by atoms with van der Waals surface area (Å²) in [6, 6.07) is 8.48. The van der Waals surface area contributed by atoms with Crippen molar-refractivity contribution in [2.24, 2.45) is 0 Å². The van der Waals surface area contributed by atoms with Gasteiger partial charge in [-0.05, 0) is 62.7 Å². The summed E-state index contributed by atoms with van der Waals surface area (Å²) >= 11 is 0. The van der Waals surface area contributed by atoms with Gasteiger partial charge in [0.25, 0.3) is 5.91 Å². The van der Waals surface area contributed by atoms with Crippen LogP contribution in [0.3, 0.4) is 0 Å². The fourth-order valence-electron chi connectivity index (χ4n) is 2.21. The highest BCUT2D eigenvalue weighted by Gasteiger charge is 2.20. The van der Waals surface area contributed by atoms with E-state index in [1.807, 2.05) is 0 Å². The number of halogens is 2. The Morgan fingerprint density at radius 2 is 1.56 bits per heavy atom. The standard InChI is InChI=1S/C18H19F2NO3S/c1-11(2)25(23,24)15-7-4-13(5-8-15)18(22)21-12(3)14-6-9-16(19)17(20)10-14/h4-12H,1-3H3,(H,21,22). The number of carbonyl (C=O) groups is 1. The Labute approximate surface area is 145 Å². The first kappa shape index (κ1) is 19.1. The van der Waals surface area contributed by atoms with E-state index in [1.54, 1.807) is 20.8 Å². The molecule has 0 aromatic heterocycles. The molecule has 1 N–H and O–H groups in total. The Bertz CT molecular complexity index is 878. The lowest BCUT2D eigenvalue weighted by Crippen LogP contribution is -2.26. The van der Waals surface area contributed by atoms with Crippen molar-refractivity contribution < 1.29 is 22.0 Å². The largest absolute Gasteiger partial charge is 0.346 e. The van der Waals surface area contributed by atoms with Crippen LogP contribution in [0.1, 0.15) is 42.7 Å². The molecule has 0 aliphatic rings. The molecule has 0 saturated heterocycles. The van der Waals surface area contributed by atoms with E-state index in [-0.39, 0.29) is 10.5 Å². The average Bonchev–Trinajstić information content (AvgIpc) is 2.57. The predicted molar refractivity (Wildman–Crippen MR) is 91.0 cm³/mol. The zero-order valence-corrected chi connectivity index (χ0v) is 14.9. The second-order valence-corrected chi connectivity index (χ2v) is 8.49. The summed E-state index contributed by atoms with van der Waals surface area (Å²) in [5.74, 6) is -2.38. The Morgan fingerprint density at radius 3 is 2.08 bits per heavy atom. The van der Waals surface area contributed by atoms with Crippen molar-refractivity contribution in [3.8, 4) is 0 Å². The molecule has 2 aromatic rings. The Hall–Kier alpha value is -2.28. The van der Waals surface area contributed by atoms with Gasteiger partial charge < -0.3 is 5.32 Å². The highest BCUT2D eigenvalue weighted by atomic mass is 32.2. The van der Waals surface area contributed by atoms with Crippen LogP contribution in [0, 0.1) is 11.6 Å². The van der Waals surface area contributed by atoms with E-state index < -0.39 is 38.7 Å². The lowest BCUT2D eigenvalue weighted by atomic mass is 10.1. The molecule has 25 heavy (non-hydrogen) atoms. The van der Waals surface area contributed by atoms with Gasteiger partial charge in [0.2, 0.25) is 0 Å². The van der Waals surface area contributed by atoms with E-state index in [2.05, 4.69) is 5.32 Å². The third-order valence-electron chi connectivity index (χ3n) is 3.86. The lowest BCUT2D eigenvalue weighted by Gasteiger charge is -2.15. The number of nitrogens with one attached hydrogen (secondary N) is 1. The van der Waals surface area contributed by atoms with Gasteiger partial charge in [-0.15, -0.1) is 0 Å². The van der Waals surface area contributed by atoms with Gasteiger partial charge in [0.05, 0.1) is 16.2 Å². The van der Waals surface area contributed by atoms with E-state index in [1.165, 1.54) is 30.3 Å². The molecule has 1 amide bonds. The quantitative estimate of drug-likeness (QED) is 0.878. The van der Waals surface area contributed by atoms with Crippen LogP contribution in [-0.4, -0.2) is 19.6 Å². The maximum absolute atomic E-state index is 13.3. The van der Waals surface area contributed by atoms with Crippen LogP contribution in [0.5, 0.6) is 0 Å². The van der Waals surface area contributed by atoms with Crippen molar-refractivity contribution in [1.29, 1.82) is 0 Å². The maximum atomic E-state index is 13.3. The first-order valence-electron chi connectivity index (χ1n) is 7.72. The first-order chi connectivity index (χ1) is 11.6. The van der Waals surface area contributed by atoms with Crippen molar-refractivity contribution in [2.75, 3.05) is 0 Å². The van der Waals surface area contributed by atoms with Crippen LogP contribution >= 0.6 is 0 Å². The summed E-state index contributed by atoms with van der Waals surface area (Å²) in [4.78, 5) is 12.4. The smallest absolute Gasteiger partial charge is 0.251 e. The molecular formula is C18H19F2NO3S. The Morgan fingerprint density at radius 1 is 0.960 bits per heavy atom. The molecule has 134 valence electrons. The molecule has 0 saturated carbocycles. The molecule has 1 unspecified atom stereocenters. The van der Waals surface area contributed by atoms with Crippen molar-refractivity contribution in [3.63, 3.8) is 0 Å². The van der Waals surface area contributed by atoms with Crippen molar-refractivity contribution in [1.82, 2.24) is 5.32 Å². The van der Waals surface area contributed by atoms with Crippen molar-refractivity contribution in [2.45, 2.75) is 37.0 Å². The topological polar surface area (TPSA) is 63.2 Å². The summed E-state index contributed by atoms with van der Waals surface area (Å²) in [7, 11) is -3.40. The minimum Gasteiger partial charge on any atom is -0.346 e. The molecule has 7 heteroatoms. The zero-order valence-electron chi connectivity index (χ0n) is 14.1. The van der Waals surface area contributed by atoms with Crippen molar-refractivity contribution >= 4 is 15.7 Å². The Balaban J connectivity index is 2.14. The fourth-order valence-corrected chi connectivity index (χ4v) is 3.27. The molecule has 0 aliphatic heterocycles. The summed E-state index contributed by atoms with van der Waals surface area (Å²) in [5.41, 5.74) is 0.698. The monoisotopic (exact) mass is 367 g/mol. The van der Waals surface area contributed by atoms with Crippen LogP contribution in [0.25, 0.3) is 0 Å². The third kappa shape index (κ3) is 4.22. The zero-order chi connectivity index (χ0) is 18.8. The number of sulfone groups is 1. The van der Waals surface area contributed by atoms with Gasteiger partial charge in [-0.25, -0.2) is 17.2 Å². The number of hydrogen-bond donors (Lipinski definition) is 1. The summed E-state index contributed by atoms with van der Waals surface area (Å²) in [6.45, 7) is 4.81. The molecule has 0 aliphatic carbocycles. The molecule has 0 heterocycles. The minimum atomic E-state index is -3.40. The second-order valence-electron chi connectivity index (χ2n) is 5.99. The second kappa shape index (κ2) is 7.31. The highest BCUT2D eigenvalue weighted by molar-refractivity contribution is 7.92. The summed E-state index contributed by atoms with van der Waals surface area (Å²) in [5, 5.41) is 2.11. The van der Waals surface area contributed by atoms with Gasteiger partial charge in [-0.3, -0.25) is 4.79 Å². The lowest BCUT2D eigenvalue weighted by molar-refractivity contribution is 0.0939. The van der Waals surface area contributed by atoms with Gasteiger partial charge in [-0.1, -0.05) is 6.07 Å². The highest BCUT2D eigenvalue weighted by Crippen LogP contribution is 2.19. The molecular weight excluding hydrogens is 348 g/mol. The van der Waals surface area contributed by atoms with Gasteiger partial charge in [-0.2, -0.15) is 0 Å². The normalized spacial score (nSPS) is 12.9. The molecule has 0 radical (unpaired) electrons. The number of hydrogen-bond acceptors (Lipinski definition) is 3. The van der Waals surface area contributed by atoms with Crippen molar-refractivity contribution in [3.05, 3.63) is 65.2 Å². The van der Waals surface area contributed by atoms with Crippen LogP contribution in [0.4, 0.5) is 8.78 Å². The molecule has 2 rings (SSSR count). The van der Waals surface area contributed by atoms with Crippen LogP contribution in [0.2, 0.25) is 0 Å². The predicted octanol–water partition coefficient (Wildman–Crippen LogP) is 3.64. The average molecular weight is 367 g/mol. The van der Waals surface area contributed by atoms with E-state index in [0.717, 1.165) is 12.1 Å². The summed E-state index contributed by atoms with van der Waals surface area (Å²) < 4.78 is 50.4. The SMILES string of the molecule is CC(NC(=O)c1ccc(S(=O)(=O)C(C)C)cc1)c1ccc(F)c(F)c1. The minimum absolute atomic E-state index is 0.146. The third-order valence-corrected chi connectivity index (χ3v) is 6.03. The fraction of sp³-hybridized carbons (Fsp3) is 0.278. The van der Waals surface area contributed by atoms with E-state index in [9.17, 15) is 22.0 Å². The molecule has 0 fully saturated rings. The number of amides is 1. The van der Waals surface area contributed by atoms with Gasteiger partial charge in [0.1, 0.15) is 0 Å². The first-order valence-corrected chi connectivity index (χ1v) is 9.27. The van der Waals surface area contributed by atoms with E-state index in [0.29, 0.717) is 5.56 Å². The van der Waals surface area contributed by atoms with Gasteiger partial charge in [0, 0.05) is 5.56 Å². The van der Waals surface area contributed by atoms with E-state index in [4.69, 9.17) is 0 Å². The van der Waals surface area contributed by atoms with Gasteiger partial charge in [0.15, 0.2) is 21.5 Å². The van der Waals surface area contributed by atoms with Crippen LogP contribution in [-0.2, 0) is 9.84 Å².